The van der Waals surface area contributed by atoms with Gasteiger partial charge < -0.3 is 15.0 Å². The Morgan fingerprint density at radius 1 is 1.24 bits per heavy atom. The maximum Gasteiger partial charge on any atom is 0.262 e. The molecule has 0 bridgehead atoms. The number of nitrogens with one attached hydrogen (secondary N) is 2. The van der Waals surface area contributed by atoms with Crippen molar-refractivity contribution in [3.63, 3.8) is 0 Å². The normalized spacial score (nSPS) is 10.6. The van der Waals surface area contributed by atoms with Crippen LogP contribution in [0.3, 0.4) is 0 Å². The van der Waals surface area contributed by atoms with Crippen molar-refractivity contribution in [2.24, 2.45) is 0 Å². The van der Waals surface area contributed by atoms with Crippen LogP contribution in [0.15, 0.2) is 47.3 Å². The molecule has 0 saturated carbocycles. The minimum Gasteiger partial charge on any atom is -0.497 e. The molecule has 2 N–H and O–H groups in total. The minimum absolute atomic E-state index is 0.164. The largest absolute Gasteiger partial charge is 0.497 e. The SMILES string of the molecule is CCn1c(=S)[nH]c2cc(C(=O)Nc3ccc(OC)cc3)ccc2c1=O. The van der Waals surface area contributed by atoms with Crippen molar-refractivity contribution in [2.45, 2.75) is 13.5 Å². The quantitative estimate of drug-likeness (QED) is 0.704. The van der Waals surface area contributed by atoms with E-state index in [2.05, 4.69) is 10.3 Å². The molecule has 2 aromatic carbocycles. The lowest BCUT2D eigenvalue weighted by molar-refractivity contribution is 0.102. The van der Waals surface area contributed by atoms with Gasteiger partial charge in [0.1, 0.15) is 5.75 Å². The number of aromatic nitrogens is 2. The van der Waals surface area contributed by atoms with E-state index in [1.807, 2.05) is 6.92 Å². The van der Waals surface area contributed by atoms with Gasteiger partial charge >= 0.3 is 0 Å². The third-order valence-corrected chi connectivity index (χ3v) is 4.23. The summed E-state index contributed by atoms with van der Waals surface area (Å²) in [6, 6.07) is 11.9. The topological polar surface area (TPSA) is 76.1 Å². The number of ether oxygens (including phenoxy) is 1. The Bertz CT molecular complexity index is 1050. The summed E-state index contributed by atoms with van der Waals surface area (Å²) in [5, 5.41) is 3.30. The fourth-order valence-corrected chi connectivity index (χ4v) is 2.88. The van der Waals surface area contributed by atoms with Crippen LogP contribution in [-0.2, 0) is 6.54 Å². The third-order valence-electron chi connectivity index (χ3n) is 3.91. The molecule has 0 unspecified atom stereocenters. The summed E-state index contributed by atoms with van der Waals surface area (Å²) in [4.78, 5) is 27.8. The first-order valence-electron chi connectivity index (χ1n) is 7.75. The number of carbonyl (C=O) groups is 1. The number of carbonyl (C=O) groups excluding carboxylic acids is 1. The summed E-state index contributed by atoms with van der Waals surface area (Å²) >= 11 is 5.20. The van der Waals surface area contributed by atoms with E-state index in [0.717, 1.165) is 0 Å². The summed E-state index contributed by atoms with van der Waals surface area (Å²) in [6.07, 6.45) is 0. The Morgan fingerprint density at radius 2 is 1.96 bits per heavy atom. The van der Waals surface area contributed by atoms with Crippen LogP contribution in [0.4, 0.5) is 5.69 Å². The van der Waals surface area contributed by atoms with Gasteiger partial charge in [0.05, 0.1) is 18.0 Å². The zero-order valence-corrected chi connectivity index (χ0v) is 14.6. The number of fused-ring (bicyclic) bond motifs is 1. The highest BCUT2D eigenvalue weighted by molar-refractivity contribution is 7.71. The summed E-state index contributed by atoms with van der Waals surface area (Å²) < 4.78 is 6.91. The number of anilines is 1. The molecule has 1 amide bonds. The molecule has 1 heterocycles. The van der Waals surface area contributed by atoms with Gasteiger partial charge in [-0.05, 0) is 61.6 Å². The fourth-order valence-electron chi connectivity index (χ4n) is 2.56. The second kappa shape index (κ2) is 6.90. The second-order valence-electron chi connectivity index (χ2n) is 5.42. The number of rotatable bonds is 4. The van der Waals surface area contributed by atoms with E-state index < -0.39 is 0 Å². The molecule has 0 aliphatic heterocycles. The predicted molar refractivity (Wildman–Crippen MR) is 100 cm³/mol. The molecule has 7 heteroatoms. The number of aromatic amines is 1. The van der Waals surface area contributed by atoms with E-state index in [9.17, 15) is 9.59 Å². The number of hydrogen-bond acceptors (Lipinski definition) is 4. The van der Waals surface area contributed by atoms with Crippen LogP contribution in [0, 0.1) is 4.77 Å². The molecular formula is C18H17N3O3S. The molecule has 128 valence electrons. The van der Waals surface area contributed by atoms with Crippen LogP contribution >= 0.6 is 12.2 Å². The van der Waals surface area contributed by atoms with Crippen LogP contribution in [0.2, 0.25) is 0 Å². The molecule has 25 heavy (non-hydrogen) atoms. The van der Waals surface area contributed by atoms with E-state index in [1.165, 1.54) is 4.57 Å². The molecule has 3 aromatic rings. The van der Waals surface area contributed by atoms with Gasteiger partial charge in [-0.3, -0.25) is 14.2 Å². The van der Waals surface area contributed by atoms with Crippen molar-refractivity contribution < 1.29 is 9.53 Å². The van der Waals surface area contributed by atoms with Crippen LogP contribution in [0.25, 0.3) is 10.9 Å². The third kappa shape index (κ3) is 3.32. The van der Waals surface area contributed by atoms with E-state index in [-0.39, 0.29) is 11.5 Å². The Labute approximate surface area is 149 Å². The molecule has 0 atom stereocenters. The Hall–Kier alpha value is -2.93. The Morgan fingerprint density at radius 3 is 2.60 bits per heavy atom. The second-order valence-corrected chi connectivity index (χ2v) is 5.81. The molecule has 1 aromatic heterocycles. The first-order chi connectivity index (χ1) is 12.0. The summed E-state index contributed by atoms with van der Waals surface area (Å²) in [5.41, 5.74) is 1.47. The molecular weight excluding hydrogens is 338 g/mol. The van der Waals surface area contributed by atoms with E-state index in [0.29, 0.717) is 39.2 Å². The summed E-state index contributed by atoms with van der Waals surface area (Å²) in [7, 11) is 1.58. The lowest BCUT2D eigenvalue weighted by Gasteiger charge is -2.08. The zero-order chi connectivity index (χ0) is 18.0. The minimum atomic E-state index is -0.272. The van der Waals surface area contributed by atoms with Crippen molar-refractivity contribution in [3.05, 3.63) is 63.2 Å². The molecule has 0 aliphatic carbocycles. The van der Waals surface area contributed by atoms with Crippen LogP contribution in [-0.4, -0.2) is 22.6 Å². The molecule has 0 radical (unpaired) electrons. The smallest absolute Gasteiger partial charge is 0.262 e. The molecule has 6 nitrogen and oxygen atoms in total. The van der Waals surface area contributed by atoms with Crippen molar-refractivity contribution in [1.29, 1.82) is 0 Å². The van der Waals surface area contributed by atoms with Gasteiger partial charge in [-0.25, -0.2) is 0 Å². The first-order valence-corrected chi connectivity index (χ1v) is 8.16. The van der Waals surface area contributed by atoms with Crippen molar-refractivity contribution in [1.82, 2.24) is 9.55 Å². The van der Waals surface area contributed by atoms with Gasteiger partial charge in [-0.2, -0.15) is 0 Å². The molecule has 0 saturated heterocycles. The molecule has 0 fully saturated rings. The maximum absolute atomic E-state index is 12.4. The van der Waals surface area contributed by atoms with E-state index >= 15 is 0 Å². The van der Waals surface area contributed by atoms with Crippen LogP contribution in [0.5, 0.6) is 5.75 Å². The zero-order valence-electron chi connectivity index (χ0n) is 13.8. The van der Waals surface area contributed by atoms with Crippen molar-refractivity contribution in [2.75, 3.05) is 12.4 Å². The highest BCUT2D eigenvalue weighted by atomic mass is 32.1. The number of hydrogen-bond donors (Lipinski definition) is 2. The van der Waals surface area contributed by atoms with Crippen LogP contribution in [0.1, 0.15) is 17.3 Å². The number of benzene rings is 2. The summed E-state index contributed by atoms with van der Waals surface area (Å²) in [5.74, 6) is 0.439. The van der Waals surface area contributed by atoms with Gasteiger partial charge in [-0.15, -0.1) is 0 Å². The average Bonchev–Trinajstić information content (AvgIpc) is 2.62. The van der Waals surface area contributed by atoms with Crippen molar-refractivity contribution in [3.8, 4) is 5.75 Å². The van der Waals surface area contributed by atoms with Gasteiger partial charge in [0, 0.05) is 17.8 Å². The maximum atomic E-state index is 12.4. The average molecular weight is 355 g/mol. The van der Waals surface area contributed by atoms with Gasteiger partial charge in [0.2, 0.25) is 0 Å². The van der Waals surface area contributed by atoms with Gasteiger partial charge in [0.15, 0.2) is 4.77 Å². The predicted octanol–water partition coefficient (Wildman–Crippen LogP) is 3.34. The fraction of sp³-hybridized carbons (Fsp3) is 0.167. The highest BCUT2D eigenvalue weighted by Gasteiger charge is 2.10. The Balaban J connectivity index is 1.94. The first kappa shape index (κ1) is 16.9. The van der Waals surface area contributed by atoms with E-state index in [1.54, 1.807) is 49.6 Å². The highest BCUT2D eigenvalue weighted by Crippen LogP contribution is 2.17. The standard InChI is InChI=1S/C18H17N3O3S/c1-3-21-17(23)14-9-4-11(10-15(14)20-18(21)25)16(22)19-12-5-7-13(24-2)8-6-12/h4-10H,3H2,1-2H3,(H,19,22)(H,20,25). The molecule has 0 spiro atoms. The lowest BCUT2D eigenvalue weighted by Crippen LogP contribution is -2.21. The van der Waals surface area contributed by atoms with Gasteiger partial charge in [-0.1, -0.05) is 0 Å². The Kier molecular flexibility index (Phi) is 4.67. The monoisotopic (exact) mass is 355 g/mol. The molecule has 0 aliphatic rings. The van der Waals surface area contributed by atoms with E-state index in [4.69, 9.17) is 17.0 Å². The lowest BCUT2D eigenvalue weighted by atomic mass is 10.1. The van der Waals surface area contributed by atoms with Crippen molar-refractivity contribution >= 4 is 34.7 Å². The number of amides is 1. The summed E-state index contributed by atoms with van der Waals surface area (Å²) in [6.45, 7) is 2.34. The molecule has 3 rings (SSSR count). The number of methoxy groups -OCH3 is 1. The van der Waals surface area contributed by atoms with Crippen LogP contribution < -0.4 is 15.6 Å². The number of nitrogens with zero attached hydrogens (tertiary/aromatic N) is 1. The number of H-pyrrole nitrogens is 1. The van der Waals surface area contributed by atoms with Gasteiger partial charge in [0.25, 0.3) is 11.5 Å².